The second-order valence-corrected chi connectivity index (χ2v) is 9.53. The van der Waals surface area contributed by atoms with Gasteiger partial charge in [-0.3, -0.25) is 4.79 Å². The molecule has 0 amide bonds. The maximum atomic E-state index is 13.4. The van der Waals surface area contributed by atoms with Gasteiger partial charge < -0.3 is 14.6 Å². The summed E-state index contributed by atoms with van der Waals surface area (Å²) in [5, 5.41) is 11.8. The molecule has 1 N–H and O–H groups in total. The molecule has 2 aliphatic heterocycles. The number of hydrogen-bond donors (Lipinski definition) is 1. The number of ketones is 1. The average molecular weight is 362 g/mol. The minimum absolute atomic E-state index is 0.00509. The van der Waals surface area contributed by atoms with E-state index in [1.807, 2.05) is 26.8 Å². The average Bonchev–Trinajstić information content (AvgIpc) is 2.55. The molecule has 5 rings (SSSR count). The van der Waals surface area contributed by atoms with Crippen LogP contribution in [0.5, 0.6) is 0 Å². The van der Waals surface area contributed by atoms with E-state index in [-0.39, 0.29) is 23.5 Å². The van der Waals surface area contributed by atoms with Crippen LogP contribution in [0, 0.1) is 35.0 Å². The van der Waals surface area contributed by atoms with E-state index in [0.29, 0.717) is 17.9 Å². The molecule has 26 heavy (non-hydrogen) atoms. The Balaban J connectivity index is 1.97. The standard InChI is InChI=1S/C21H30O5/c1-11(2)14-8-16(22)19(4)15-7-6-12(3)9-20(15)10-13(18(23)25-5)17(19)21(14,24)26-20/h10-12,14-15,17,24H,6-9H2,1-5H3/t12-,14+,15+,17-,19-,20+,21+/m1/s1. The summed E-state index contributed by atoms with van der Waals surface area (Å²) in [6.45, 7) is 8.13. The third-order valence-electron chi connectivity index (χ3n) is 7.77. The first-order valence-electron chi connectivity index (χ1n) is 9.87. The first-order chi connectivity index (χ1) is 12.1. The van der Waals surface area contributed by atoms with Gasteiger partial charge >= 0.3 is 5.97 Å². The van der Waals surface area contributed by atoms with Crippen LogP contribution in [0.3, 0.4) is 0 Å². The molecule has 0 aromatic heterocycles. The van der Waals surface area contributed by atoms with Crippen molar-refractivity contribution in [2.45, 2.75) is 64.8 Å². The number of carbonyl (C=O) groups is 2. The van der Waals surface area contributed by atoms with Gasteiger partial charge in [-0.2, -0.15) is 0 Å². The van der Waals surface area contributed by atoms with Crippen LogP contribution in [-0.2, 0) is 19.1 Å². The zero-order valence-corrected chi connectivity index (χ0v) is 16.4. The van der Waals surface area contributed by atoms with Crippen molar-refractivity contribution in [1.29, 1.82) is 0 Å². The molecule has 7 atom stereocenters. The highest BCUT2D eigenvalue weighted by atomic mass is 16.6. The Morgan fingerprint density at radius 3 is 2.69 bits per heavy atom. The largest absolute Gasteiger partial charge is 0.466 e. The number of methoxy groups -OCH3 is 1. The number of hydrogen-bond acceptors (Lipinski definition) is 5. The Morgan fingerprint density at radius 2 is 2.08 bits per heavy atom. The summed E-state index contributed by atoms with van der Waals surface area (Å²) in [7, 11) is 1.36. The summed E-state index contributed by atoms with van der Waals surface area (Å²) in [5.74, 6) is -2.27. The van der Waals surface area contributed by atoms with Gasteiger partial charge in [-0.05, 0) is 30.8 Å². The van der Waals surface area contributed by atoms with E-state index in [1.165, 1.54) is 7.11 Å². The Hall–Kier alpha value is -1.20. The van der Waals surface area contributed by atoms with Crippen molar-refractivity contribution in [2.24, 2.45) is 35.0 Å². The quantitative estimate of drug-likeness (QED) is 0.765. The molecule has 4 bridgehead atoms. The van der Waals surface area contributed by atoms with E-state index < -0.39 is 28.7 Å². The molecular weight excluding hydrogens is 332 g/mol. The Kier molecular flexibility index (Phi) is 3.79. The Bertz CT molecular complexity index is 697. The second kappa shape index (κ2) is 5.41. The van der Waals surface area contributed by atoms with E-state index >= 15 is 0 Å². The van der Waals surface area contributed by atoms with Crippen LogP contribution in [0.4, 0.5) is 0 Å². The highest BCUT2D eigenvalue weighted by Crippen LogP contribution is 2.69. The normalized spacial score (nSPS) is 49.7. The molecule has 1 spiro atoms. The van der Waals surface area contributed by atoms with Crippen molar-refractivity contribution < 1.29 is 24.2 Å². The second-order valence-electron chi connectivity index (χ2n) is 9.53. The first-order valence-corrected chi connectivity index (χ1v) is 9.87. The maximum absolute atomic E-state index is 13.4. The molecule has 3 fully saturated rings. The van der Waals surface area contributed by atoms with E-state index in [2.05, 4.69) is 6.92 Å². The van der Waals surface area contributed by atoms with E-state index in [1.54, 1.807) is 0 Å². The third-order valence-corrected chi connectivity index (χ3v) is 7.77. The summed E-state index contributed by atoms with van der Waals surface area (Å²) in [4.78, 5) is 26.1. The third kappa shape index (κ3) is 1.99. The fraction of sp³-hybridized carbons (Fsp3) is 0.810. The lowest BCUT2D eigenvalue weighted by Crippen LogP contribution is -2.77. The highest BCUT2D eigenvalue weighted by Gasteiger charge is 2.76. The summed E-state index contributed by atoms with van der Waals surface area (Å²) >= 11 is 0. The van der Waals surface area contributed by atoms with Gasteiger partial charge in [-0.1, -0.05) is 34.1 Å². The number of carbonyl (C=O) groups excluding carboxylic acids is 2. The number of esters is 1. The fourth-order valence-electron chi connectivity index (χ4n) is 6.70. The van der Waals surface area contributed by atoms with Crippen LogP contribution in [-0.4, -0.2) is 35.4 Å². The summed E-state index contributed by atoms with van der Waals surface area (Å²) in [5.41, 5.74) is -1.10. The van der Waals surface area contributed by atoms with Crippen LogP contribution in [0.15, 0.2) is 11.6 Å². The molecule has 2 heterocycles. The zero-order chi connectivity index (χ0) is 19.1. The van der Waals surface area contributed by atoms with Gasteiger partial charge in [0, 0.05) is 29.2 Å². The molecule has 5 nitrogen and oxygen atoms in total. The minimum Gasteiger partial charge on any atom is -0.466 e. The van der Waals surface area contributed by atoms with E-state index in [4.69, 9.17) is 9.47 Å². The van der Waals surface area contributed by atoms with Crippen molar-refractivity contribution in [3.63, 3.8) is 0 Å². The van der Waals surface area contributed by atoms with Crippen LogP contribution >= 0.6 is 0 Å². The van der Waals surface area contributed by atoms with Crippen molar-refractivity contribution in [3.8, 4) is 0 Å². The van der Waals surface area contributed by atoms with Crippen molar-refractivity contribution >= 4 is 11.8 Å². The maximum Gasteiger partial charge on any atom is 0.334 e. The molecule has 144 valence electrons. The lowest BCUT2D eigenvalue weighted by atomic mass is 9.42. The monoisotopic (exact) mass is 362 g/mol. The Morgan fingerprint density at radius 1 is 1.38 bits per heavy atom. The molecule has 0 unspecified atom stereocenters. The molecule has 0 radical (unpaired) electrons. The minimum atomic E-state index is -1.50. The summed E-state index contributed by atoms with van der Waals surface area (Å²) < 4.78 is 11.6. The van der Waals surface area contributed by atoms with Gasteiger partial charge in [-0.25, -0.2) is 4.79 Å². The first kappa shape index (κ1) is 18.2. The summed E-state index contributed by atoms with van der Waals surface area (Å²) in [6.07, 6.45) is 4.85. The predicted octanol–water partition coefficient (Wildman–Crippen LogP) is 2.86. The van der Waals surface area contributed by atoms with Crippen LogP contribution < -0.4 is 0 Å². The molecule has 5 heteroatoms. The van der Waals surface area contributed by atoms with Crippen molar-refractivity contribution in [2.75, 3.05) is 7.11 Å². The smallest absolute Gasteiger partial charge is 0.334 e. The molecule has 3 aliphatic carbocycles. The number of Topliss-reactive ketones (excluding diaryl/α,β-unsaturated/α-hetero) is 1. The van der Waals surface area contributed by atoms with Crippen LogP contribution in [0.2, 0.25) is 0 Å². The van der Waals surface area contributed by atoms with E-state index in [0.717, 1.165) is 19.3 Å². The van der Waals surface area contributed by atoms with Gasteiger partial charge in [0.05, 0.1) is 18.6 Å². The SMILES string of the molecule is COC(=O)C1=C[C@@]23C[C@H](C)CC[C@H]2[C@]2(C)C(=O)C[C@@H](C(C)C)[C@](O)(O3)[C@H]12. The van der Waals surface area contributed by atoms with Gasteiger partial charge in [0.2, 0.25) is 0 Å². The highest BCUT2D eigenvalue weighted by molar-refractivity contribution is 5.95. The Labute approximate surface area is 155 Å². The fourth-order valence-corrected chi connectivity index (χ4v) is 6.70. The summed E-state index contributed by atoms with van der Waals surface area (Å²) in [6, 6.07) is 0. The van der Waals surface area contributed by atoms with E-state index in [9.17, 15) is 14.7 Å². The zero-order valence-electron chi connectivity index (χ0n) is 16.4. The van der Waals surface area contributed by atoms with Crippen LogP contribution in [0.25, 0.3) is 0 Å². The molecule has 5 aliphatic rings. The number of ether oxygens (including phenoxy) is 2. The molecule has 0 aromatic rings. The lowest BCUT2D eigenvalue weighted by Gasteiger charge is -2.70. The molecule has 1 saturated heterocycles. The van der Waals surface area contributed by atoms with Crippen LogP contribution in [0.1, 0.15) is 53.4 Å². The van der Waals surface area contributed by atoms with Crippen molar-refractivity contribution in [1.82, 2.24) is 0 Å². The predicted molar refractivity (Wildman–Crippen MR) is 94.9 cm³/mol. The van der Waals surface area contributed by atoms with Gasteiger partial charge in [-0.15, -0.1) is 0 Å². The van der Waals surface area contributed by atoms with Crippen molar-refractivity contribution in [3.05, 3.63) is 11.6 Å². The number of rotatable bonds is 2. The molecule has 0 aromatic carbocycles. The van der Waals surface area contributed by atoms with Gasteiger partial charge in [0.25, 0.3) is 0 Å². The molecular formula is C21H30O5. The number of aliphatic hydroxyl groups is 1. The molecule has 2 saturated carbocycles. The topological polar surface area (TPSA) is 72.8 Å². The lowest BCUT2D eigenvalue weighted by molar-refractivity contribution is -0.391. The van der Waals surface area contributed by atoms with Gasteiger partial charge in [0.15, 0.2) is 5.79 Å². The van der Waals surface area contributed by atoms with Gasteiger partial charge in [0.1, 0.15) is 5.78 Å².